The maximum atomic E-state index is 11.0. The minimum Gasteiger partial charge on any atom is -0.318 e. The number of rotatable bonds is 5. The molecule has 0 aromatic heterocycles. The van der Waals surface area contributed by atoms with Gasteiger partial charge in [0.25, 0.3) is 0 Å². The summed E-state index contributed by atoms with van der Waals surface area (Å²) in [4.78, 5) is 15.8. The zero-order chi connectivity index (χ0) is 11.8. The zero-order valence-electron chi connectivity index (χ0n) is 9.35. The average molecular weight is 217 g/mol. The van der Waals surface area contributed by atoms with Crippen LogP contribution in [-0.4, -0.2) is 11.7 Å². The summed E-state index contributed by atoms with van der Waals surface area (Å²) < 4.78 is 0. The largest absolute Gasteiger partial charge is 0.334 e. The van der Waals surface area contributed by atoms with Gasteiger partial charge in [0.1, 0.15) is 0 Å². The second-order valence-electron chi connectivity index (χ2n) is 3.21. The number of hydrogen-bond acceptors (Lipinski definition) is 3. The van der Waals surface area contributed by atoms with Crippen molar-refractivity contribution < 1.29 is 9.63 Å². The first-order valence-corrected chi connectivity index (χ1v) is 5.21. The van der Waals surface area contributed by atoms with Gasteiger partial charge in [-0.1, -0.05) is 48.5 Å². The van der Waals surface area contributed by atoms with Crippen LogP contribution in [0.3, 0.4) is 0 Å². The van der Waals surface area contributed by atoms with Gasteiger partial charge in [-0.3, -0.25) is 0 Å². The van der Waals surface area contributed by atoms with E-state index in [0.717, 1.165) is 5.56 Å². The first-order chi connectivity index (χ1) is 7.77. The van der Waals surface area contributed by atoms with E-state index in [4.69, 9.17) is 4.84 Å². The minimum atomic E-state index is -0.336. The third-order valence-electron chi connectivity index (χ3n) is 1.99. The SMILES string of the molecule is C=CC/C(=N\OC(=O)CC)c1ccccc1. The summed E-state index contributed by atoms with van der Waals surface area (Å²) in [5.74, 6) is -0.336. The molecule has 0 unspecified atom stereocenters. The molecule has 0 saturated carbocycles. The van der Waals surface area contributed by atoms with Crippen LogP contribution >= 0.6 is 0 Å². The van der Waals surface area contributed by atoms with Crippen LogP contribution in [-0.2, 0) is 9.63 Å². The van der Waals surface area contributed by atoms with Crippen molar-refractivity contribution in [1.29, 1.82) is 0 Å². The molecular formula is C13H15NO2. The van der Waals surface area contributed by atoms with Gasteiger partial charge in [-0.15, -0.1) is 6.58 Å². The molecule has 3 heteroatoms. The van der Waals surface area contributed by atoms with Crippen LogP contribution < -0.4 is 0 Å². The van der Waals surface area contributed by atoms with Crippen LogP contribution in [0.15, 0.2) is 48.1 Å². The highest BCUT2D eigenvalue weighted by atomic mass is 16.7. The molecule has 0 bridgehead atoms. The van der Waals surface area contributed by atoms with Gasteiger partial charge in [0.05, 0.1) is 5.71 Å². The summed E-state index contributed by atoms with van der Waals surface area (Å²) in [7, 11) is 0. The first-order valence-electron chi connectivity index (χ1n) is 5.21. The standard InChI is InChI=1S/C13H15NO2/c1-3-8-12(14-16-13(15)4-2)11-9-6-5-7-10-11/h3,5-7,9-10H,1,4,8H2,2H3/b14-12+. The van der Waals surface area contributed by atoms with Crippen molar-refractivity contribution in [1.82, 2.24) is 0 Å². The van der Waals surface area contributed by atoms with E-state index in [2.05, 4.69) is 11.7 Å². The van der Waals surface area contributed by atoms with E-state index in [1.54, 1.807) is 13.0 Å². The van der Waals surface area contributed by atoms with Crippen molar-refractivity contribution in [2.45, 2.75) is 19.8 Å². The summed E-state index contributed by atoms with van der Waals surface area (Å²) in [5, 5.41) is 3.85. The van der Waals surface area contributed by atoms with Crippen molar-refractivity contribution in [2.24, 2.45) is 5.16 Å². The number of nitrogens with zero attached hydrogens (tertiary/aromatic N) is 1. The predicted octanol–water partition coefficient (Wildman–Crippen LogP) is 2.92. The molecule has 0 saturated heterocycles. The molecule has 1 aromatic carbocycles. The van der Waals surface area contributed by atoms with E-state index < -0.39 is 0 Å². The Morgan fingerprint density at radius 2 is 2.12 bits per heavy atom. The van der Waals surface area contributed by atoms with Gasteiger partial charge in [-0.05, 0) is 5.56 Å². The Balaban J connectivity index is 2.82. The van der Waals surface area contributed by atoms with E-state index in [0.29, 0.717) is 18.6 Å². The number of hydrogen-bond donors (Lipinski definition) is 0. The zero-order valence-corrected chi connectivity index (χ0v) is 9.35. The van der Waals surface area contributed by atoms with Crippen LogP contribution in [0.2, 0.25) is 0 Å². The minimum absolute atomic E-state index is 0.319. The van der Waals surface area contributed by atoms with Crippen molar-refractivity contribution in [2.75, 3.05) is 0 Å². The van der Waals surface area contributed by atoms with Crippen LogP contribution in [0.1, 0.15) is 25.3 Å². The molecular weight excluding hydrogens is 202 g/mol. The lowest BCUT2D eigenvalue weighted by Gasteiger charge is -2.02. The molecule has 0 spiro atoms. The summed E-state index contributed by atoms with van der Waals surface area (Å²) in [5.41, 5.74) is 1.64. The normalized spacial score (nSPS) is 10.9. The van der Waals surface area contributed by atoms with Gasteiger partial charge < -0.3 is 4.84 Å². The van der Waals surface area contributed by atoms with E-state index in [9.17, 15) is 4.79 Å². The molecule has 3 nitrogen and oxygen atoms in total. The molecule has 0 N–H and O–H groups in total. The molecule has 0 aliphatic rings. The molecule has 0 atom stereocenters. The van der Waals surface area contributed by atoms with Crippen molar-refractivity contribution in [3.63, 3.8) is 0 Å². The van der Waals surface area contributed by atoms with Gasteiger partial charge in [0.15, 0.2) is 0 Å². The van der Waals surface area contributed by atoms with E-state index in [-0.39, 0.29) is 5.97 Å². The van der Waals surface area contributed by atoms with Gasteiger partial charge in [0, 0.05) is 12.8 Å². The van der Waals surface area contributed by atoms with Crippen LogP contribution in [0.25, 0.3) is 0 Å². The molecule has 16 heavy (non-hydrogen) atoms. The predicted molar refractivity (Wildman–Crippen MR) is 64.2 cm³/mol. The summed E-state index contributed by atoms with van der Waals surface area (Å²) in [6, 6.07) is 9.59. The fraction of sp³-hybridized carbons (Fsp3) is 0.231. The quantitative estimate of drug-likeness (QED) is 0.329. The smallest absolute Gasteiger partial charge is 0.318 e. The van der Waals surface area contributed by atoms with E-state index in [1.165, 1.54) is 0 Å². The van der Waals surface area contributed by atoms with Crippen LogP contribution in [0.4, 0.5) is 0 Å². The third-order valence-corrected chi connectivity index (χ3v) is 1.99. The van der Waals surface area contributed by atoms with Gasteiger partial charge in [0.2, 0.25) is 0 Å². The average Bonchev–Trinajstić information content (AvgIpc) is 2.35. The highest BCUT2D eigenvalue weighted by molar-refractivity contribution is 6.01. The molecule has 1 aromatic rings. The Morgan fingerprint density at radius 1 is 1.44 bits per heavy atom. The third kappa shape index (κ3) is 3.69. The molecule has 84 valence electrons. The number of benzene rings is 1. The second kappa shape index (κ2) is 6.56. The maximum absolute atomic E-state index is 11.0. The van der Waals surface area contributed by atoms with Crippen molar-refractivity contribution >= 4 is 11.7 Å². The Labute approximate surface area is 95.4 Å². The van der Waals surface area contributed by atoms with Gasteiger partial charge >= 0.3 is 5.97 Å². The van der Waals surface area contributed by atoms with Crippen molar-refractivity contribution in [3.05, 3.63) is 48.6 Å². The van der Waals surface area contributed by atoms with E-state index >= 15 is 0 Å². The lowest BCUT2D eigenvalue weighted by atomic mass is 10.1. The maximum Gasteiger partial charge on any atom is 0.334 e. The molecule has 0 aliphatic carbocycles. The number of oxime groups is 1. The molecule has 0 aliphatic heterocycles. The molecule has 1 rings (SSSR count). The molecule has 0 fully saturated rings. The van der Waals surface area contributed by atoms with Gasteiger partial charge in [-0.2, -0.15) is 0 Å². The Kier molecular flexibility index (Phi) is 4.99. The number of allylic oxidation sites excluding steroid dienone is 1. The lowest BCUT2D eigenvalue weighted by molar-refractivity contribution is -0.143. The monoisotopic (exact) mass is 217 g/mol. The highest BCUT2D eigenvalue weighted by Gasteiger charge is 2.03. The highest BCUT2D eigenvalue weighted by Crippen LogP contribution is 2.05. The molecule has 0 radical (unpaired) electrons. The Bertz CT molecular complexity index is 382. The molecule has 0 heterocycles. The summed E-state index contributed by atoms with van der Waals surface area (Å²) in [6.07, 6.45) is 2.62. The first kappa shape index (κ1) is 12.2. The molecule has 0 amide bonds. The number of carbonyl (C=O) groups excluding carboxylic acids is 1. The van der Waals surface area contributed by atoms with E-state index in [1.807, 2.05) is 30.3 Å². The topological polar surface area (TPSA) is 38.7 Å². The van der Waals surface area contributed by atoms with Crippen molar-refractivity contribution in [3.8, 4) is 0 Å². The Morgan fingerprint density at radius 3 is 2.69 bits per heavy atom. The fourth-order valence-corrected chi connectivity index (χ4v) is 1.15. The lowest BCUT2D eigenvalue weighted by Crippen LogP contribution is -2.04. The van der Waals surface area contributed by atoms with Gasteiger partial charge in [-0.25, -0.2) is 4.79 Å². The number of carbonyl (C=O) groups is 1. The second-order valence-corrected chi connectivity index (χ2v) is 3.21. The summed E-state index contributed by atoms with van der Waals surface area (Å²) >= 11 is 0. The fourth-order valence-electron chi connectivity index (χ4n) is 1.15. The summed E-state index contributed by atoms with van der Waals surface area (Å²) in [6.45, 7) is 5.38. The van der Waals surface area contributed by atoms with Crippen LogP contribution in [0.5, 0.6) is 0 Å². The Hall–Kier alpha value is -1.90. The van der Waals surface area contributed by atoms with Crippen LogP contribution in [0, 0.1) is 0 Å².